The summed E-state index contributed by atoms with van der Waals surface area (Å²) in [5.41, 5.74) is 0. The van der Waals surface area contributed by atoms with Gasteiger partial charge in [0.15, 0.2) is 5.29 Å². The molecule has 0 spiro atoms. The van der Waals surface area contributed by atoms with E-state index in [1.807, 2.05) is 0 Å². The lowest BCUT2D eigenvalue weighted by molar-refractivity contribution is 0.683. The topological polar surface area (TPSA) is 0 Å². The first-order valence-electron chi connectivity index (χ1n) is 2.57. The van der Waals surface area contributed by atoms with E-state index < -0.39 is 5.29 Å². The maximum absolute atomic E-state index is 11.6. The number of hydrogen-bond donors (Lipinski definition) is 0. The van der Waals surface area contributed by atoms with E-state index in [9.17, 15) is 4.39 Å². The van der Waals surface area contributed by atoms with Crippen LogP contribution in [-0.4, -0.2) is 0 Å². The van der Waals surface area contributed by atoms with E-state index in [-0.39, 0.29) is 0 Å². The lowest BCUT2D eigenvalue weighted by atomic mass is 10.2. The SMILES string of the molecule is [CH2]CCC/C=C(\F)Cl. The van der Waals surface area contributed by atoms with Crippen molar-refractivity contribution in [1.82, 2.24) is 0 Å². The molecule has 0 atom stereocenters. The summed E-state index contributed by atoms with van der Waals surface area (Å²) in [5.74, 6) is 0. The standard InChI is InChI=1S/C6H9ClF/c1-2-3-4-5-6(7)8/h5H,1-4H2/b6-5-. The zero-order valence-electron chi connectivity index (χ0n) is 4.66. The van der Waals surface area contributed by atoms with Crippen molar-refractivity contribution in [3.63, 3.8) is 0 Å². The van der Waals surface area contributed by atoms with Gasteiger partial charge in [-0.3, -0.25) is 0 Å². The van der Waals surface area contributed by atoms with Gasteiger partial charge in [-0.25, -0.2) is 0 Å². The Kier molecular flexibility index (Phi) is 5.08. The first-order chi connectivity index (χ1) is 3.77. The molecular weight excluding hydrogens is 127 g/mol. The van der Waals surface area contributed by atoms with Gasteiger partial charge < -0.3 is 0 Å². The summed E-state index contributed by atoms with van der Waals surface area (Å²) >= 11 is 4.89. The summed E-state index contributed by atoms with van der Waals surface area (Å²) in [6.45, 7) is 3.59. The molecule has 0 fully saturated rings. The largest absolute Gasteiger partial charge is 0.194 e. The summed E-state index contributed by atoms with van der Waals surface area (Å²) < 4.78 is 11.6. The fraction of sp³-hybridized carbons (Fsp3) is 0.500. The first kappa shape index (κ1) is 7.96. The Morgan fingerprint density at radius 3 is 2.75 bits per heavy atom. The smallest absolute Gasteiger partial charge is 0.185 e. The molecule has 0 amide bonds. The van der Waals surface area contributed by atoms with Crippen LogP contribution in [0.3, 0.4) is 0 Å². The van der Waals surface area contributed by atoms with Gasteiger partial charge >= 0.3 is 0 Å². The highest BCUT2D eigenvalue weighted by atomic mass is 35.5. The predicted molar refractivity (Wildman–Crippen MR) is 34.3 cm³/mol. The lowest BCUT2D eigenvalue weighted by Crippen LogP contribution is -1.66. The Labute approximate surface area is 54.3 Å². The van der Waals surface area contributed by atoms with Crippen LogP contribution in [0.25, 0.3) is 0 Å². The summed E-state index contributed by atoms with van der Waals surface area (Å²) in [6.07, 6.45) is 3.78. The van der Waals surface area contributed by atoms with Crippen molar-refractivity contribution in [2.45, 2.75) is 19.3 Å². The Bertz CT molecular complexity index is 74.6. The van der Waals surface area contributed by atoms with Gasteiger partial charge in [0, 0.05) is 0 Å². The van der Waals surface area contributed by atoms with E-state index in [4.69, 9.17) is 11.6 Å². The van der Waals surface area contributed by atoms with Gasteiger partial charge in [0.25, 0.3) is 0 Å². The van der Waals surface area contributed by atoms with E-state index in [1.54, 1.807) is 0 Å². The zero-order valence-corrected chi connectivity index (χ0v) is 5.42. The van der Waals surface area contributed by atoms with Crippen LogP contribution in [0.4, 0.5) is 4.39 Å². The van der Waals surface area contributed by atoms with Crippen molar-refractivity contribution in [2.24, 2.45) is 0 Å². The van der Waals surface area contributed by atoms with Gasteiger partial charge in [-0.05, 0) is 18.9 Å². The van der Waals surface area contributed by atoms with Crippen LogP contribution in [0.2, 0.25) is 0 Å². The number of allylic oxidation sites excluding steroid dienone is 1. The molecule has 0 aromatic heterocycles. The predicted octanol–water partition coefficient (Wildman–Crippen LogP) is 3.04. The van der Waals surface area contributed by atoms with Gasteiger partial charge in [0.2, 0.25) is 0 Å². The molecule has 47 valence electrons. The minimum absolute atomic E-state index is 0.613. The Balaban J connectivity index is 3.03. The highest BCUT2D eigenvalue weighted by Gasteiger charge is 1.83. The van der Waals surface area contributed by atoms with E-state index in [0.717, 1.165) is 12.8 Å². The third-order valence-corrected chi connectivity index (χ3v) is 0.907. The Morgan fingerprint density at radius 1 is 1.75 bits per heavy atom. The van der Waals surface area contributed by atoms with E-state index in [1.165, 1.54) is 6.08 Å². The second-order valence-corrected chi connectivity index (χ2v) is 1.85. The maximum Gasteiger partial charge on any atom is 0.185 e. The summed E-state index contributed by atoms with van der Waals surface area (Å²) in [6, 6.07) is 0. The summed E-state index contributed by atoms with van der Waals surface area (Å²) in [4.78, 5) is 0. The minimum Gasteiger partial charge on any atom is -0.194 e. The van der Waals surface area contributed by atoms with Crippen molar-refractivity contribution in [2.75, 3.05) is 0 Å². The van der Waals surface area contributed by atoms with Crippen molar-refractivity contribution in [3.05, 3.63) is 18.3 Å². The molecule has 0 nitrogen and oxygen atoms in total. The second-order valence-electron chi connectivity index (χ2n) is 1.49. The van der Waals surface area contributed by atoms with Gasteiger partial charge in [0.05, 0.1) is 0 Å². The zero-order chi connectivity index (χ0) is 6.41. The van der Waals surface area contributed by atoms with Crippen LogP contribution >= 0.6 is 11.6 Å². The third-order valence-electron chi connectivity index (χ3n) is 0.753. The van der Waals surface area contributed by atoms with Crippen molar-refractivity contribution < 1.29 is 4.39 Å². The molecular formula is C6H9ClF. The molecule has 2 heteroatoms. The van der Waals surface area contributed by atoms with Crippen LogP contribution in [0.1, 0.15) is 19.3 Å². The number of halogens is 2. The molecule has 8 heavy (non-hydrogen) atoms. The molecule has 0 aliphatic rings. The molecule has 0 saturated carbocycles. The lowest BCUT2D eigenvalue weighted by Gasteiger charge is -1.85. The molecule has 0 aliphatic heterocycles. The van der Waals surface area contributed by atoms with Gasteiger partial charge in [-0.1, -0.05) is 24.9 Å². The molecule has 0 aromatic rings. The van der Waals surface area contributed by atoms with Crippen molar-refractivity contribution in [3.8, 4) is 0 Å². The van der Waals surface area contributed by atoms with Crippen LogP contribution in [0, 0.1) is 6.92 Å². The highest BCUT2D eigenvalue weighted by molar-refractivity contribution is 6.28. The van der Waals surface area contributed by atoms with Crippen LogP contribution in [0.15, 0.2) is 11.4 Å². The van der Waals surface area contributed by atoms with E-state index in [0.29, 0.717) is 6.42 Å². The van der Waals surface area contributed by atoms with Crippen molar-refractivity contribution >= 4 is 11.6 Å². The molecule has 0 aromatic carbocycles. The normalized spacial score (nSPS) is 12.1. The number of rotatable bonds is 3. The summed E-state index contributed by atoms with van der Waals surface area (Å²) in [7, 11) is 0. The Morgan fingerprint density at radius 2 is 2.38 bits per heavy atom. The van der Waals surface area contributed by atoms with Crippen LogP contribution < -0.4 is 0 Å². The highest BCUT2D eigenvalue weighted by Crippen LogP contribution is 2.05. The van der Waals surface area contributed by atoms with Gasteiger partial charge in [-0.2, -0.15) is 4.39 Å². The monoisotopic (exact) mass is 135 g/mol. The second kappa shape index (κ2) is 5.10. The minimum atomic E-state index is -0.613. The third kappa shape index (κ3) is 5.96. The van der Waals surface area contributed by atoms with E-state index in [2.05, 4.69) is 6.92 Å². The van der Waals surface area contributed by atoms with Gasteiger partial charge in [0.1, 0.15) is 0 Å². The van der Waals surface area contributed by atoms with Crippen LogP contribution in [0.5, 0.6) is 0 Å². The molecule has 1 radical (unpaired) electrons. The average Bonchev–Trinajstić information content (AvgIpc) is 1.66. The van der Waals surface area contributed by atoms with Crippen LogP contribution in [-0.2, 0) is 0 Å². The number of hydrogen-bond acceptors (Lipinski definition) is 0. The molecule has 0 heterocycles. The molecule has 0 aliphatic carbocycles. The first-order valence-corrected chi connectivity index (χ1v) is 2.95. The maximum atomic E-state index is 11.6. The fourth-order valence-electron chi connectivity index (χ4n) is 0.356. The molecule has 0 unspecified atom stereocenters. The van der Waals surface area contributed by atoms with Crippen molar-refractivity contribution in [1.29, 1.82) is 0 Å². The number of unbranched alkanes of at least 4 members (excludes halogenated alkanes) is 2. The van der Waals surface area contributed by atoms with Gasteiger partial charge in [-0.15, -0.1) is 0 Å². The quantitative estimate of drug-likeness (QED) is 0.522. The molecule has 0 saturated heterocycles. The fourth-order valence-corrected chi connectivity index (χ4v) is 0.465. The molecule has 0 N–H and O–H groups in total. The Hall–Kier alpha value is -0.0400. The molecule has 0 bridgehead atoms. The average molecular weight is 136 g/mol. The molecule has 0 rings (SSSR count). The summed E-state index contributed by atoms with van der Waals surface area (Å²) in [5, 5.41) is -0.613. The van der Waals surface area contributed by atoms with E-state index >= 15 is 0 Å².